The summed E-state index contributed by atoms with van der Waals surface area (Å²) in [6, 6.07) is 9.55. The Morgan fingerprint density at radius 2 is 1.94 bits per heavy atom. The minimum atomic E-state index is -3.23. The molecule has 2 aromatic heterocycles. The van der Waals surface area contributed by atoms with Gasteiger partial charge in [-0.1, -0.05) is 24.6 Å². The number of pyridine rings is 1. The second-order valence-electron chi connectivity index (χ2n) is 9.40. The van der Waals surface area contributed by atoms with Crippen LogP contribution in [0.3, 0.4) is 0 Å². The molecule has 3 aliphatic rings. The monoisotopic (exact) mass is 462 g/mol. The zero-order valence-corrected chi connectivity index (χ0v) is 19.2. The molecule has 0 spiro atoms. The Morgan fingerprint density at radius 1 is 1.12 bits per heavy atom. The predicted molar refractivity (Wildman–Crippen MR) is 127 cm³/mol. The first-order chi connectivity index (χ1) is 15.9. The van der Waals surface area contributed by atoms with Gasteiger partial charge in [-0.15, -0.1) is 0 Å². The van der Waals surface area contributed by atoms with Crippen molar-refractivity contribution >= 4 is 32.5 Å². The maximum Gasteiger partial charge on any atom is 0.318 e. The standard InChI is InChI=1S/C25H26N4O3S/c1-33(31,32)18-7-5-15(6-8-18)17-11-20-21(14-27-24(20)26-13-17)16-9-10-29-23(12-16)19-3-2-4-22(19)28-25(29)30/h5-8,11-14,19,22-23H,2-4,9-10H2,1H3,(H,26,27)(H,28,30). The quantitative estimate of drug-likeness (QED) is 0.615. The van der Waals surface area contributed by atoms with E-state index in [1.807, 2.05) is 29.4 Å². The van der Waals surface area contributed by atoms with Gasteiger partial charge in [-0.05, 0) is 48.6 Å². The molecule has 2 amide bonds. The number of hydrogen-bond acceptors (Lipinski definition) is 4. The first kappa shape index (κ1) is 20.5. The van der Waals surface area contributed by atoms with Crippen molar-refractivity contribution in [2.45, 2.75) is 42.7 Å². The molecule has 6 rings (SSSR count). The third-order valence-corrected chi connectivity index (χ3v) is 8.55. The van der Waals surface area contributed by atoms with E-state index in [1.165, 1.54) is 18.2 Å². The fourth-order valence-electron chi connectivity index (χ4n) is 5.73. The Bertz CT molecular complexity index is 1390. The van der Waals surface area contributed by atoms with E-state index >= 15 is 0 Å². The smallest absolute Gasteiger partial charge is 0.318 e. The van der Waals surface area contributed by atoms with Gasteiger partial charge in [0.15, 0.2) is 9.84 Å². The summed E-state index contributed by atoms with van der Waals surface area (Å²) in [5.41, 5.74) is 5.08. The number of nitrogens with zero attached hydrogens (tertiary/aromatic N) is 2. The van der Waals surface area contributed by atoms with Crippen LogP contribution in [0, 0.1) is 5.92 Å². The number of benzene rings is 1. The van der Waals surface area contributed by atoms with Gasteiger partial charge in [0.1, 0.15) is 5.65 Å². The van der Waals surface area contributed by atoms with Crippen molar-refractivity contribution in [3.8, 4) is 11.1 Å². The number of aromatic amines is 1. The third kappa shape index (κ3) is 3.44. The lowest BCUT2D eigenvalue weighted by Gasteiger charge is -2.44. The molecule has 1 saturated carbocycles. The highest BCUT2D eigenvalue weighted by Gasteiger charge is 2.44. The average Bonchev–Trinajstić information content (AvgIpc) is 3.45. The van der Waals surface area contributed by atoms with Gasteiger partial charge < -0.3 is 15.2 Å². The van der Waals surface area contributed by atoms with Crippen molar-refractivity contribution < 1.29 is 13.2 Å². The second-order valence-corrected chi connectivity index (χ2v) is 11.4. The summed E-state index contributed by atoms with van der Waals surface area (Å²) in [7, 11) is -3.23. The van der Waals surface area contributed by atoms with E-state index in [0.717, 1.165) is 53.5 Å². The van der Waals surface area contributed by atoms with E-state index in [2.05, 4.69) is 27.4 Å². The Hall–Kier alpha value is -3.13. The van der Waals surface area contributed by atoms with Crippen LogP contribution in [0.25, 0.3) is 27.7 Å². The molecule has 2 N–H and O–H groups in total. The summed E-state index contributed by atoms with van der Waals surface area (Å²) in [5, 5.41) is 4.24. The number of amides is 2. The van der Waals surface area contributed by atoms with Crippen molar-refractivity contribution in [2.24, 2.45) is 5.92 Å². The van der Waals surface area contributed by atoms with E-state index in [9.17, 15) is 13.2 Å². The fourth-order valence-corrected chi connectivity index (χ4v) is 6.36. The number of rotatable bonds is 3. The van der Waals surface area contributed by atoms with Gasteiger partial charge in [0.2, 0.25) is 0 Å². The molecule has 3 aromatic rings. The Kier molecular flexibility index (Phi) is 4.62. The molecule has 33 heavy (non-hydrogen) atoms. The Balaban J connectivity index is 1.37. The minimum Gasteiger partial charge on any atom is -0.346 e. The molecule has 1 aromatic carbocycles. The predicted octanol–water partition coefficient (Wildman–Crippen LogP) is 3.98. The highest BCUT2D eigenvalue weighted by atomic mass is 32.2. The number of nitrogens with one attached hydrogen (secondary N) is 2. The number of sulfone groups is 1. The van der Waals surface area contributed by atoms with E-state index in [-0.39, 0.29) is 12.1 Å². The molecular formula is C25H26N4O3S. The molecule has 8 heteroatoms. The van der Waals surface area contributed by atoms with E-state index in [4.69, 9.17) is 0 Å². The number of H-pyrrole nitrogens is 1. The van der Waals surface area contributed by atoms with E-state index < -0.39 is 9.84 Å². The largest absolute Gasteiger partial charge is 0.346 e. The molecule has 3 atom stereocenters. The van der Waals surface area contributed by atoms with Crippen LogP contribution in [0.1, 0.15) is 31.2 Å². The topological polar surface area (TPSA) is 95.2 Å². The molecule has 2 aliphatic heterocycles. The summed E-state index contributed by atoms with van der Waals surface area (Å²) in [6.45, 7) is 0.721. The second kappa shape index (κ2) is 7.45. The van der Waals surface area contributed by atoms with Crippen LogP contribution in [-0.4, -0.2) is 54.2 Å². The molecule has 1 aliphatic carbocycles. The van der Waals surface area contributed by atoms with Crippen LogP contribution in [0.2, 0.25) is 0 Å². The average molecular weight is 463 g/mol. The Labute approximate surface area is 192 Å². The van der Waals surface area contributed by atoms with Crippen molar-refractivity contribution in [2.75, 3.05) is 12.8 Å². The number of hydrogen-bond donors (Lipinski definition) is 2. The van der Waals surface area contributed by atoms with Crippen LogP contribution >= 0.6 is 0 Å². The number of fused-ring (bicyclic) bond motifs is 4. The number of aromatic nitrogens is 2. The van der Waals surface area contributed by atoms with Gasteiger partial charge in [-0.3, -0.25) is 0 Å². The maximum absolute atomic E-state index is 12.6. The SMILES string of the molecule is CS(=O)(=O)c1ccc(-c2cnc3[nH]cc(C4=CC5C6CCCC6NC(=O)N5CC4)c3c2)cc1. The first-order valence-electron chi connectivity index (χ1n) is 11.4. The molecule has 170 valence electrons. The molecule has 0 bridgehead atoms. The lowest BCUT2D eigenvalue weighted by Crippen LogP contribution is -2.60. The van der Waals surface area contributed by atoms with E-state index in [0.29, 0.717) is 16.9 Å². The van der Waals surface area contributed by atoms with Gasteiger partial charge in [-0.2, -0.15) is 0 Å². The van der Waals surface area contributed by atoms with Gasteiger partial charge in [0.25, 0.3) is 0 Å². The van der Waals surface area contributed by atoms with Gasteiger partial charge in [0.05, 0.1) is 10.9 Å². The minimum absolute atomic E-state index is 0.0684. The van der Waals surface area contributed by atoms with Crippen molar-refractivity contribution in [3.63, 3.8) is 0 Å². The lowest BCUT2D eigenvalue weighted by atomic mass is 9.85. The van der Waals surface area contributed by atoms with Crippen LogP contribution < -0.4 is 5.32 Å². The van der Waals surface area contributed by atoms with Crippen LogP contribution in [0.5, 0.6) is 0 Å². The van der Waals surface area contributed by atoms with Crippen LogP contribution in [-0.2, 0) is 9.84 Å². The molecule has 7 nitrogen and oxygen atoms in total. The molecule has 4 heterocycles. The maximum atomic E-state index is 12.6. The number of carbonyl (C=O) groups is 1. The normalized spacial score (nSPS) is 24.9. The summed E-state index contributed by atoms with van der Waals surface area (Å²) in [4.78, 5) is 22.8. The molecule has 2 fully saturated rings. The van der Waals surface area contributed by atoms with Crippen LogP contribution in [0.4, 0.5) is 4.79 Å². The number of urea groups is 1. The zero-order chi connectivity index (χ0) is 22.7. The summed E-state index contributed by atoms with van der Waals surface area (Å²) < 4.78 is 23.6. The summed E-state index contributed by atoms with van der Waals surface area (Å²) >= 11 is 0. The van der Waals surface area contributed by atoms with Crippen molar-refractivity contribution in [1.82, 2.24) is 20.2 Å². The van der Waals surface area contributed by atoms with Gasteiger partial charge in [-0.25, -0.2) is 18.2 Å². The molecule has 1 saturated heterocycles. The molecule has 3 unspecified atom stereocenters. The molecule has 0 radical (unpaired) electrons. The van der Waals surface area contributed by atoms with Gasteiger partial charge in [0, 0.05) is 53.7 Å². The Morgan fingerprint density at radius 3 is 2.73 bits per heavy atom. The highest BCUT2D eigenvalue weighted by Crippen LogP contribution is 2.40. The summed E-state index contributed by atoms with van der Waals surface area (Å²) in [5.74, 6) is 0.477. The summed E-state index contributed by atoms with van der Waals surface area (Å²) in [6.07, 6.45) is 11.5. The van der Waals surface area contributed by atoms with Crippen molar-refractivity contribution in [3.05, 3.63) is 54.4 Å². The number of carbonyl (C=O) groups excluding carboxylic acids is 1. The molecular weight excluding hydrogens is 436 g/mol. The van der Waals surface area contributed by atoms with Gasteiger partial charge >= 0.3 is 6.03 Å². The fraction of sp³-hybridized carbons (Fsp3) is 0.360. The highest BCUT2D eigenvalue weighted by molar-refractivity contribution is 7.90. The first-order valence-corrected chi connectivity index (χ1v) is 13.3. The third-order valence-electron chi connectivity index (χ3n) is 7.42. The van der Waals surface area contributed by atoms with Crippen LogP contribution in [0.15, 0.2) is 53.7 Å². The lowest BCUT2D eigenvalue weighted by molar-refractivity contribution is 0.125. The van der Waals surface area contributed by atoms with Crippen molar-refractivity contribution in [1.29, 1.82) is 0 Å². The zero-order valence-electron chi connectivity index (χ0n) is 18.4. The van der Waals surface area contributed by atoms with E-state index in [1.54, 1.807) is 12.1 Å².